The van der Waals surface area contributed by atoms with Gasteiger partial charge in [-0.1, -0.05) is 15.9 Å². The van der Waals surface area contributed by atoms with Crippen LogP contribution in [0.5, 0.6) is 0 Å². The molecule has 1 aromatic rings. The van der Waals surface area contributed by atoms with Crippen LogP contribution in [0.4, 0.5) is 4.39 Å². The van der Waals surface area contributed by atoms with Crippen LogP contribution in [-0.4, -0.2) is 20.5 Å². The Morgan fingerprint density at radius 1 is 1.47 bits per heavy atom. The molecule has 7 heteroatoms. The molecule has 1 aromatic carbocycles. The van der Waals surface area contributed by atoms with Gasteiger partial charge in [-0.15, -0.1) is 0 Å². The Morgan fingerprint density at radius 2 is 2.06 bits per heavy atom. The predicted octanol–water partition coefficient (Wildman–Crippen LogP) is 1.60. The van der Waals surface area contributed by atoms with Crippen LogP contribution in [0, 0.1) is 5.82 Å². The van der Waals surface area contributed by atoms with Crippen molar-refractivity contribution in [3.63, 3.8) is 0 Å². The summed E-state index contributed by atoms with van der Waals surface area (Å²) in [7, 11) is -3.87. The Balaban J connectivity index is 2.98. The molecular weight excluding hydrogens is 311 g/mol. The average molecular weight is 325 g/mol. The Bertz CT molecular complexity index is 512. The molecule has 1 rings (SSSR count). The molecule has 4 nitrogen and oxygen atoms in total. The smallest absolute Gasteiger partial charge is 0.243 e. The number of nitrogens with one attached hydrogen (secondary N) is 1. The van der Waals surface area contributed by atoms with E-state index >= 15 is 0 Å². The van der Waals surface area contributed by atoms with Gasteiger partial charge in [0, 0.05) is 16.6 Å². The first kappa shape index (κ1) is 14.6. The third-order valence-electron chi connectivity index (χ3n) is 1.90. The molecule has 0 spiro atoms. The summed E-state index contributed by atoms with van der Waals surface area (Å²) < 4.78 is 39.8. The minimum atomic E-state index is -3.87. The van der Waals surface area contributed by atoms with Gasteiger partial charge in [-0.25, -0.2) is 17.5 Å². The maximum atomic E-state index is 13.5. The van der Waals surface area contributed by atoms with Crippen LogP contribution in [0.1, 0.15) is 13.8 Å². The first-order chi connectivity index (χ1) is 7.62. The van der Waals surface area contributed by atoms with Crippen molar-refractivity contribution >= 4 is 26.0 Å². The van der Waals surface area contributed by atoms with Gasteiger partial charge >= 0.3 is 0 Å². The molecule has 0 fully saturated rings. The molecule has 0 unspecified atom stereocenters. The van der Waals surface area contributed by atoms with Crippen LogP contribution in [-0.2, 0) is 10.0 Å². The van der Waals surface area contributed by atoms with E-state index in [-0.39, 0.29) is 11.4 Å². The molecule has 0 radical (unpaired) electrons. The third kappa shape index (κ3) is 4.34. The monoisotopic (exact) mass is 324 g/mol. The second kappa shape index (κ2) is 5.01. The molecule has 0 saturated heterocycles. The zero-order valence-electron chi connectivity index (χ0n) is 9.50. The lowest BCUT2D eigenvalue weighted by Gasteiger charge is -2.19. The molecule has 0 aliphatic rings. The maximum absolute atomic E-state index is 13.5. The molecule has 0 atom stereocenters. The van der Waals surface area contributed by atoms with Gasteiger partial charge in [-0.3, -0.25) is 0 Å². The summed E-state index contributed by atoms with van der Waals surface area (Å²) in [4.78, 5) is -0.384. The standard InChI is InChI=1S/C10H14BrFN2O2S/c1-10(2,13)6-14-17(15,16)9-4-3-7(11)5-8(9)12/h3-5,14H,6,13H2,1-2H3. The first-order valence-corrected chi connectivity index (χ1v) is 7.13. The summed E-state index contributed by atoms with van der Waals surface area (Å²) in [5.74, 6) is -0.804. The van der Waals surface area contributed by atoms with Crippen molar-refractivity contribution in [2.45, 2.75) is 24.3 Å². The van der Waals surface area contributed by atoms with Crippen LogP contribution < -0.4 is 10.5 Å². The lowest BCUT2D eigenvalue weighted by Crippen LogP contribution is -2.45. The van der Waals surface area contributed by atoms with E-state index in [9.17, 15) is 12.8 Å². The molecule has 0 amide bonds. The minimum absolute atomic E-state index is 0.0326. The van der Waals surface area contributed by atoms with E-state index in [0.717, 1.165) is 6.07 Å². The van der Waals surface area contributed by atoms with E-state index in [2.05, 4.69) is 20.7 Å². The van der Waals surface area contributed by atoms with E-state index < -0.39 is 21.4 Å². The van der Waals surface area contributed by atoms with Gasteiger partial charge in [0.2, 0.25) is 10.0 Å². The fourth-order valence-corrected chi connectivity index (χ4v) is 2.67. The molecule has 3 N–H and O–H groups in total. The van der Waals surface area contributed by atoms with Crippen LogP contribution in [0.2, 0.25) is 0 Å². The summed E-state index contributed by atoms with van der Waals surface area (Å²) >= 11 is 3.06. The second-order valence-electron chi connectivity index (χ2n) is 4.39. The Labute approximate surface area is 109 Å². The molecule has 0 saturated carbocycles. The van der Waals surface area contributed by atoms with Crippen LogP contribution in [0.15, 0.2) is 27.6 Å². The van der Waals surface area contributed by atoms with Gasteiger partial charge in [0.25, 0.3) is 0 Å². The van der Waals surface area contributed by atoms with Crippen molar-refractivity contribution in [1.82, 2.24) is 4.72 Å². The van der Waals surface area contributed by atoms with E-state index in [1.165, 1.54) is 12.1 Å². The topological polar surface area (TPSA) is 72.2 Å². The van der Waals surface area contributed by atoms with Gasteiger partial charge in [-0.05, 0) is 32.0 Å². The summed E-state index contributed by atoms with van der Waals surface area (Å²) in [6.45, 7) is 3.38. The van der Waals surface area contributed by atoms with Crippen molar-refractivity contribution < 1.29 is 12.8 Å². The van der Waals surface area contributed by atoms with Crippen molar-refractivity contribution in [3.05, 3.63) is 28.5 Å². The molecule has 0 aromatic heterocycles. The van der Waals surface area contributed by atoms with Crippen LogP contribution in [0.25, 0.3) is 0 Å². The molecule has 0 bridgehead atoms. The van der Waals surface area contributed by atoms with E-state index in [0.29, 0.717) is 4.47 Å². The first-order valence-electron chi connectivity index (χ1n) is 4.85. The summed E-state index contributed by atoms with van der Waals surface area (Å²) in [5.41, 5.74) is 4.96. The third-order valence-corrected chi connectivity index (χ3v) is 3.83. The molecule has 96 valence electrons. The van der Waals surface area contributed by atoms with Gasteiger partial charge < -0.3 is 5.73 Å². The number of halogens is 2. The second-order valence-corrected chi connectivity index (χ2v) is 7.04. The fourth-order valence-electron chi connectivity index (χ4n) is 1.05. The van der Waals surface area contributed by atoms with Crippen molar-refractivity contribution in [3.8, 4) is 0 Å². The van der Waals surface area contributed by atoms with Crippen LogP contribution in [0.3, 0.4) is 0 Å². The largest absolute Gasteiger partial charge is 0.324 e. The van der Waals surface area contributed by atoms with Gasteiger partial charge in [0.1, 0.15) is 10.7 Å². The lowest BCUT2D eigenvalue weighted by molar-refractivity contribution is 0.494. The Morgan fingerprint density at radius 3 is 2.53 bits per heavy atom. The minimum Gasteiger partial charge on any atom is -0.324 e. The highest BCUT2D eigenvalue weighted by Gasteiger charge is 2.21. The number of benzene rings is 1. The number of nitrogens with two attached hydrogens (primary N) is 1. The number of sulfonamides is 1. The van der Waals surface area contributed by atoms with E-state index in [1.54, 1.807) is 13.8 Å². The lowest BCUT2D eigenvalue weighted by atomic mass is 10.1. The number of hydrogen-bond acceptors (Lipinski definition) is 3. The van der Waals surface area contributed by atoms with Crippen molar-refractivity contribution in [2.24, 2.45) is 5.73 Å². The van der Waals surface area contributed by atoms with Gasteiger partial charge in [0.05, 0.1) is 0 Å². The van der Waals surface area contributed by atoms with Gasteiger partial charge in [0.15, 0.2) is 0 Å². The van der Waals surface area contributed by atoms with Gasteiger partial charge in [-0.2, -0.15) is 0 Å². The average Bonchev–Trinajstić information content (AvgIpc) is 2.13. The van der Waals surface area contributed by atoms with E-state index in [1.807, 2.05) is 0 Å². The number of rotatable bonds is 4. The van der Waals surface area contributed by atoms with Crippen molar-refractivity contribution in [1.29, 1.82) is 0 Å². The highest BCUT2D eigenvalue weighted by Crippen LogP contribution is 2.19. The molecule has 0 aliphatic heterocycles. The molecule has 0 aliphatic carbocycles. The maximum Gasteiger partial charge on any atom is 0.243 e. The van der Waals surface area contributed by atoms with E-state index in [4.69, 9.17) is 5.73 Å². The highest BCUT2D eigenvalue weighted by atomic mass is 79.9. The Hall–Kier alpha value is -0.500. The fraction of sp³-hybridized carbons (Fsp3) is 0.400. The summed E-state index contributed by atoms with van der Waals surface area (Å²) in [5, 5.41) is 0. The summed E-state index contributed by atoms with van der Waals surface area (Å²) in [6, 6.07) is 3.76. The SMILES string of the molecule is CC(C)(N)CNS(=O)(=O)c1ccc(Br)cc1F. The predicted molar refractivity (Wildman–Crippen MR) is 67.6 cm³/mol. The molecule has 0 heterocycles. The van der Waals surface area contributed by atoms with Crippen molar-refractivity contribution in [2.75, 3.05) is 6.54 Å². The quantitative estimate of drug-likeness (QED) is 0.883. The Kier molecular flexibility index (Phi) is 4.29. The normalized spacial score (nSPS) is 12.8. The highest BCUT2D eigenvalue weighted by molar-refractivity contribution is 9.10. The number of hydrogen-bond donors (Lipinski definition) is 2. The zero-order valence-corrected chi connectivity index (χ0v) is 11.9. The summed E-state index contributed by atoms with van der Waals surface area (Å²) in [6.07, 6.45) is 0. The zero-order chi connectivity index (χ0) is 13.3. The van der Waals surface area contributed by atoms with Crippen LogP contribution >= 0.6 is 15.9 Å². The molecule has 17 heavy (non-hydrogen) atoms. The molecular formula is C10H14BrFN2O2S.